The Kier molecular flexibility index (Phi) is 6.67. The highest BCUT2D eigenvalue weighted by atomic mass is 79.9. The number of Topliss-reactive ketones (excluding diaryl/α,β-unsaturated/α-hetero) is 1. The standard InChI is InChI=1S/C16H16BrNO2S2/c1-11(19)18-9-8-14-6-7-16(22-14)15(20)10-21-13-4-2-12(17)3-5-13/h2-7H,8-10H2,1H3,(H,18,19). The first kappa shape index (κ1) is 17.2. The van der Waals surface area contributed by atoms with Crippen molar-refractivity contribution in [1.29, 1.82) is 0 Å². The van der Waals surface area contributed by atoms with Gasteiger partial charge < -0.3 is 5.32 Å². The number of halogens is 1. The average Bonchev–Trinajstić information content (AvgIpc) is 2.95. The smallest absolute Gasteiger partial charge is 0.216 e. The van der Waals surface area contributed by atoms with Crippen LogP contribution in [-0.4, -0.2) is 24.0 Å². The molecule has 0 saturated carbocycles. The normalized spacial score (nSPS) is 10.5. The van der Waals surface area contributed by atoms with E-state index in [4.69, 9.17) is 0 Å². The Labute approximate surface area is 146 Å². The lowest BCUT2D eigenvalue weighted by molar-refractivity contribution is -0.118. The largest absolute Gasteiger partial charge is 0.356 e. The van der Waals surface area contributed by atoms with Gasteiger partial charge in [0.1, 0.15) is 0 Å². The molecule has 0 aliphatic rings. The number of thioether (sulfide) groups is 1. The molecule has 1 N–H and O–H groups in total. The Morgan fingerprint density at radius 3 is 2.59 bits per heavy atom. The van der Waals surface area contributed by atoms with Gasteiger partial charge in [0.2, 0.25) is 5.91 Å². The Bertz CT molecular complexity index is 652. The van der Waals surface area contributed by atoms with E-state index in [1.54, 1.807) is 11.8 Å². The third-order valence-electron chi connectivity index (χ3n) is 2.87. The minimum atomic E-state index is -0.0289. The van der Waals surface area contributed by atoms with Gasteiger partial charge in [0, 0.05) is 27.7 Å². The Morgan fingerprint density at radius 1 is 1.18 bits per heavy atom. The van der Waals surface area contributed by atoms with Crippen molar-refractivity contribution >= 4 is 50.7 Å². The molecule has 0 aliphatic carbocycles. The fraction of sp³-hybridized carbons (Fsp3) is 0.250. The van der Waals surface area contributed by atoms with Gasteiger partial charge in [-0.2, -0.15) is 0 Å². The van der Waals surface area contributed by atoms with Gasteiger partial charge in [-0.15, -0.1) is 23.1 Å². The van der Waals surface area contributed by atoms with E-state index in [1.807, 2.05) is 36.4 Å². The van der Waals surface area contributed by atoms with Gasteiger partial charge in [0.15, 0.2) is 5.78 Å². The first-order chi connectivity index (χ1) is 10.5. The molecule has 1 heterocycles. The zero-order valence-corrected chi connectivity index (χ0v) is 15.3. The lowest BCUT2D eigenvalue weighted by atomic mass is 10.3. The number of rotatable bonds is 7. The third kappa shape index (κ3) is 5.59. The molecule has 0 spiro atoms. The number of carbonyl (C=O) groups excluding carboxylic acids is 2. The number of hydrogen-bond donors (Lipinski definition) is 1. The van der Waals surface area contributed by atoms with Crippen molar-refractivity contribution in [2.75, 3.05) is 12.3 Å². The number of ketones is 1. The molecular formula is C16H16BrNO2S2. The van der Waals surface area contributed by atoms with Gasteiger partial charge in [-0.1, -0.05) is 15.9 Å². The first-order valence-corrected chi connectivity index (χ1v) is 9.39. The van der Waals surface area contributed by atoms with Crippen LogP contribution in [0.4, 0.5) is 0 Å². The second kappa shape index (κ2) is 8.50. The minimum absolute atomic E-state index is 0.0289. The lowest BCUT2D eigenvalue weighted by Gasteiger charge is -2.00. The van der Waals surface area contributed by atoms with E-state index in [2.05, 4.69) is 21.2 Å². The van der Waals surface area contributed by atoms with E-state index in [0.29, 0.717) is 12.3 Å². The number of carbonyl (C=O) groups is 2. The highest BCUT2D eigenvalue weighted by molar-refractivity contribution is 9.10. The van der Waals surface area contributed by atoms with Gasteiger partial charge in [-0.25, -0.2) is 0 Å². The topological polar surface area (TPSA) is 46.2 Å². The number of nitrogens with one attached hydrogen (secondary N) is 1. The van der Waals surface area contributed by atoms with Gasteiger partial charge in [0.25, 0.3) is 0 Å². The zero-order valence-electron chi connectivity index (χ0n) is 12.1. The molecule has 2 aromatic rings. The van der Waals surface area contributed by atoms with Gasteiger partial charge >= 0.3 is 0 Å². The van der Waals surface area contributed by atoms with Crippen molar-refractivity contribution in [3.05, 3.63) is 50.6 Å². The second-order valence-corrected chi connectivity index (χ2v) is 7.80. The molecule has 1 amide bonds. The van der Waals surface area contributed by atoms with Crippen LogP contribution in [-0.2, 0) is 11.2 Å². The molecule has 0 atom stereocenters. The molecule has 0 fully saturated rings. The summed E-state index contributed by atoms with van der Waals surface area (Å²) in [5.74, 6) is 0.551. The maximum Gasteiger partial charge on any atom is 0.216 e. The highest BCUT2D eigenvalue weighted by Crippen LogP contribution is 2.24. The molecule has 6 heteroatoms. The predicted octanol–water partition coefficient (Wildman–Crippen LogP) is 4.16. The minimum Gasteiger partial charge on any atom is -0.356 e. The van der Waals surface area contributed by atoms with E-state index < -0.39 is 0 Å². The maximum absolute atomic E-state index is 12.2. The van der Waals surface area contributed by atoms with Crippen LogP contribution in [0.1, 0.15) is 21.5 Å². The molecule has 1 aromatic carbocycles. The summed E-state index contributed by atoms with van der Waals surface area (Å²) in [6.07, 6.45) is 0.761. The number of amides is 1. The van der Waals surface area contributed by atoms with Crippen LogP contribution in [0.5, 0.6) is 0 Å². The SMILES string of the molecule is CC(=O)NCCc1ccc(C(=O)CSc2ccc(Br)cc2)s1. The summed E-state index contributed by atoms with van der Waals surface area (Å²) < 4.78 is 1.03. The molecule has 0 unspecified atom stereocenters. The van der Waals surface area contributed by atoms with Gasteiger partial charge in [-0.3, -0.25) is 9.59 Å². The van der Waals surface area contributed by atoms with Crippen molar-refractivity contribution in [2.24, 2.45) is 0 Å². The summed E-state index contributed by atoms with van der Waals surface area (Å²) in [6, 6.07) is 11.8. The molecule has 0 saturated heterocycles. The number of hydrogen-bond acceptors (Lipinski definition) is 4. The first-order valence-electron chi connectivity index (χ1n) is 6.79. The molecule has 22 heavy (non-hydrogen) atoms. The number of thiophene rings is 1. The summed E-state index contributed by atoms with van der Waals surface area (Å²) in [5, 5.41) is 2.76. The molecule has 2 rings (SSSR count). The van der Waals surface area contributed by atoms with Crippen LogP contribution in [0.2, 0.25) is 0 Å². The molecular weight excluding hydrogens is 382 g/mol. The summed E-state index contributed by atoms with van der Waals surface area (Å²) in [5.41, 5.74) is 0. The Hall–Kier alpha value is -1.11. The van der Waals surface area contributed by atoms with Crippen LogP contribution < -0.4 is 5.32 Å². The Morgan fingerprint density at radius 2 is 1.91 bits per heavy atom. The third-order valence-corrected chi connectivity index (χ3v) is 5.59. The van der Waals surface area contributed by atoms with Crippen molar-refractivity contribution < 1.29 is 9.59 Å². The molecule has 116 valence electrons. The van der Waals surface area contributed by atoms with Gasteiger partial charge in [-0.05, 0) is 42.8 Å². The van der Waals surface area contributed by atoms with Crippen molar-refractivity contribution in [3.8, 4) is 0 Å². The van der Waals surface area contributed by atoms with Crippen LogP contribution >= 0.6 is 39.0 Å². The van der Waals surface area contributed by atoms with E-state index in [0.717, 1.165) is 25.5 Å². The predicted molar refractivity (Wildman–Crippen MR) is 95.9 cm³/mol. The quantitative estimate of drug-likeness (QED) is 0.563. The van der Waals surface area contributed by atoms with E-state index in [9.17, 15) is 9.59 Å². The van der Waals surface area contributed by atoms with Crippen LogP contribution in [0.3, 0.4) is 0 Å². The van der Waals surface area contributed by atoms with Gasteiger partial charge in [0.05, 0.1) is 10.6 Å². The molecule has 0 aliphatic heterocycles. The fourth-order valence-electron chi connectivity index (χ4n) is 1.77. The molecule has 3 nitrogen and oxygen atoms in total. The Balaban J connectivity index is 1.83. The molecule has 0 bridgehead atoms. The monoisotopic (exact) mass is 397 g/mol. The van der Waals surface area contributed by atoms with E-state index in [-0.39, 0.29) is 11.7 Å². The van der Waals surface area contributed by atoms with Crippen LogP contribution in [0.15, 0.2) is 45.8 Å². The maximum atomic E-state index is 12.2. The molecule has 0 radical (unpaired) electrons. The van der Waals surface area contributed by atoms with Crippen molar-refractivity contribution in [1.82, 2.24) is 5.32 Å². The average molecular weight is 398 g/mol. The van der Waals surface area contributed by atoms with E-state index >= 15 is 0 Å². The fourth-order valence-corrected chi connectivity index (χ4v) is 3.86. The summed E-state index contributed by atoms with van der Waals surface area (Å²) >= 11 is 6.44. The second-order valence-electron chi connectivity index (χ2n) is 4.66. The summed E-state index contributed by atoms with van der Waals surface area (Å²) in [7, 11) is 0. The summed E-state index contributed by atoms with van der Waals surface area (Å²) in [6.45, 7) is 2.11. The zero-order chi connectivity index (χ0) is 15.9. The van der Waals surface area contributed by atoms with Crippen LogP contribution in [0.25, 0.3) is 0 Å². The van der Waals surface area contributed by atoms with Crippen molar-refractivity contribution in [3.63, 3.8) is 0 Å². The highest BCUT2D eigenvalue weighted by Gasteiger charge is 2.10. The lowest BCUT2D eigenvalue weighted by Crippen LogP contribution is -2.22. The summed E-state index contributed by atoms with van der Waals surface area (Å²) in [4.78, 5) is 26.0. The van der Waals surface area contributed by atoms with Crippen LogP contribution in [0, 0.1) is 0 Å². The van der Waals surface area contributed by atoms with Crippen molar-refractivity contribution in [2.45, 2.75) is 18.2 Å². The number of benzene rings is 1. The van der Waals surface area contributed by atoms with E-state index in [1.165, 1.54) is 18.3 Å². The molecule has 1 aromatic heterocycles.